The van der Waals surface area contributed by atoms with E-state index in [2.05, 4.69) is 5.32 Å². The molecule has 2 amide bonds. The summed E-state index contributed by atoms with van der Waals surface area (Å²) in [6.45, 7) is 2.44. The van der Waals surface area contributed by atoms with Gasteiger partial charge >= 0.3 is 0 Å². The van der Waals surface area contributed by atoms with Crippen molar-refractivity contribution in [3.63, 3.8) is 0 Å². The average Bonchev–Trinajstić information content (AvgIpc) is 2.27. The smallest absolute Gasteiger partial charge is 0.248 e. The van der Waals surface area contributed by atoms with Gasteiger partial charge in [0, 0.05) is 18.5 Å². The Morgan fingerprint density at radius 2 is 1.88 bits per heavy atom. The summed E-state index contributed by atoms with van der Waals surface area (Å²) in [6.07, 6.45) is 1.38. The molecule has 0 saturated carbocycles. The van der Waals surface area contributed by atoms with Gasteiger partial charge in [-0.3, -0.25) is 9.59 Å². The highest BCUT2D eigenvalue weighted by atomic mass is 16.1. The summed E-state index contributed by atoms with van der Waals surface area (Å²) >= 11 is 0. The summed E-state index contributed by atoms with van der Waals surface area (Å²) in [6, 6.07) is 6.88. The van der Waals surface area contributed by atoms with Crippen LogP contribution in [-0.4, -0.2) is 11.8 Å². The van der Waals surface area contributed by atoms with Crippen LogP contribution in [0.5, 0.6) is 0 Å². The molecule has 0 bridgehead atoms. The van der Waals surface area contributed by atoms with Crippen LogP contribution in [0, 0.1) is 0 Å². The van der Waals surface area contributed by atoms with Gasteiger partial charge in [0.05, 0.1) is 0 Å². The number of hydrogen-bond acceptors (Lipinski definition) is 2. The molecule has 0 radical (unpaired) electrons. The van der Waals surface area contributed by atoms with Crippen LogP contribution in [0.15, 0.2) is 24.3 Å². The van der Waals surface area contributed by atoms with Gasteiger partial charge in [-0.1, -0.05) is 19.1 Å². The Balaban J connectivity index is 2.49. The van der Waals surface area contributed by atoms with Crippen molar-refractivity contribution in [2.45, 2.75) is 26.3 Å². The Kier molecular flexibility index (Phi) is 4.51. The monoisotopic (exact) mass is 220 g/mol. The van der Waals surface area contributed by atoms with Crippen LogP contribution in [0.25, 0.3) is 0 Å². The Bertz CT molecular complexity index is 371. The molecule has 1 rings (SSSR count). The molecule has 4 nitrogen and oxygen atoms in total. The van der Waals surface area contributed by atoms with E-state index in [0.717, 1.165) is 12.0 Å². The van der Waals surface area contributed by atoms with Gasteiger partial charge in [-0.2, -0.15) is 0 Å². The van der Waals surface area contributed by atoms with Crippen LogP contribution in [0.4, 0.5) is 0 Å². The fraction of sp³-hybridized carbons (Fsp3) is 0.333. The van der Waals surface area contributed by atoms with Crippen molar-refractivity contribution in [3.05, 3.63) is 35.4 Å². The molecule has 1 aromatic carbocycles. The minimum Gasteiger partial charge on any atom is -0.366 e. The SMILES string of the molecule is CCCC(=O)NCc1ccc(C(N)=O)cc1. The molecular formula is C12H16N2O2. The Hall–Kier alpha value is -1.84. The number of rotatable bonds is 5. The predicted octanol–water partition coefficient (Wildman–Crippen LogP) is 1.20. The quantitative estimate of drug-likeness (QED) is 0.782. The highest BCUT2D eigenvalue weighted by molar-refractivity contribution is 5.92. The van der Waals surface area contributed by atoms with Crippen molar-refractivity contribution < 1.29 is 9.59 Å². The maximum absolute atomic E-state index is 11.2. The normalized spacial score (nSPS) is 9.81. The van der Waals surface area contributed by atoms with Gasteiger partial charge < -0.3 is 11.1 Å². The summed E-state index contributed by atoms with van der Waals surface area (Å²) in [4.78, 5) is 22.0. The highest BCUT2D eigenvalue weighted by Gasteiger charge is 2.01. The molecule has 0 saturated heterocycles. The first-order chi connectivity index (χ1) is 7.63. The van der Waals surface area contributed by atoms with E-state index in [4.69, 9.17) is 5.73 Å². The molecule has 0 spiro atoms. The van der Waals surface area contributed by atoms with Gasteiger partial charge in [-0.25, -0.2) is 0 Å². The van der Waals surface area contributed by atoms with E-state index in [9.17, 15) is 9.59 Å². The third-order valence-electron chi connectivity index (χ3n) is 2.21. The van der Waals surface area contributed by atoms with Crippen molar-refractivity contribution in [2.24, 2.45) is 5.73 Å². The van der Waals surface area contributed by atoms with Crippen LogP contribution < -0.4 is 11.1 Å². The van der Waals surface area contributed by atoms with E-state index < -0.39 is 5.91 Å². The van der Waals surface area contributed by atoms with Crippen LogP contribution in [0.3, 0.4) is 0 Å². The largest absolute Gasteiger partial charge is 0.366 e. The minimum absolute atomic E-state index is 0.0430. The first-order valence-electron chi connectivity index (χ1n) is 5.29. The molecule has 1 aromatic rings. The van der Waals surface area contributed by atoms with Gasteiger partial charge in [-0.15, -0.1) is 0 Å². The van der Waals surface area contributed by atoms with Crippen LogP contribution in [-0.2, 0) is 11.3 Å². The number of primary amides is 1. The van der Waals surface area contributed by atoms with Crippen LogP contribution in [0.1, 0.15) is 35.7 Å². The molecule has 3 N–H and O–H groups in total. The molecular weight excluding hydrogens is 204 g/mol. The number of carbonyl (C=O) groups excluding carboxylic acids is 2. The van der Waals surface area contributed by atoms with Crippen LogP contribution >= 0.6 is 0 Å². The van der Waals surface area contributed by atoms with E-state index in [1.807, 2.05) is 6.92 Å². The molecule has 4 heteroatoms. The number of amides is 2. The number of nitrogens with two attached hydrogens (primary N) is 1. The lowest BCUT2D eigenvalue weighted by atomic mass is 10.1. The number of carbonyl (C=O) groups is 2. The molecule has 0 aromatic heterocycles. The maximum Gasteiger partial charge on any atom is 0.248 e. The van der Waals surface area contributed by atoms with E-state index >= 15 is 0 Å². The average molecular weight is 220 g/mol. The van der Waals surface area contributed by atoms with Gasteiger partial charge in [0.15, 0.2) is 0 Å². The third kappa shape index (κ3) is 3.73. The number of nitrogens with one attached hydrogen (secondary N) is 1. The topological polar surface area (TPSA) is 72.2 Å². The Labute approximate surface area is 94.8 Å². The summed E-state index contributed by atoms with van der Waals surface area (Å²) in [5.41, 5.74) is 6.55. The van der Waals surface area contributed by atoms with E-state index in [-0.39, 0.29) is 5.91 Å². The van der Waals surface area contributed by atoms with Gasteiger partial charge in [-0.05, 0) is 24.1 Å². The summed E-state index contributed by atoms with van der Waals surface area (Å²) in [7, 11) is 0. The van der Waals surface area contributed by atoms with Gasteiger partial charge in [0.1, 0.15) is 0 Å². The maximum atomic E-state index is 11.2. The second-order valence-corrected chi connectivity index (χ2v) is 3.59. The number of benzene rings is 1. The van der Waals surface area contributed by atoms with E-state index in [1.165, 1.54) is 0 Å². The van der Waals surface area contributed by atoms with Crippen molar-refractivity contribution in [2.75, 3.05) is 0 Å². The summed E-state index contributed by atoms with van der Waals surface area (Å²) < 4.78 is 0. The molecule has 0 aliphatic heterocycles. The first-order valence-corrected chi connectivity index (χ1v) is 5.29. The summed E-state index contributed by atoms with van der Waals surface area (Å²) in [5.74, 6) is -0.400. The molecule has 0 unspecified atom stereocenters. The molecule has 0 aliphatic carbocycles. The molecule has 0 heterocycles. The zero-order valence-corrected chi connectivity index (χ0v) is 9.32. The standard InChI is InChI=1S/C12H16N2O2/c1-2-3-11(15)14-8-9-4-6-10(7-5-9)12(13)16/h4-7H,2-3,8H2,1H3,(H2,13,16)(H,14,15). The molecule has 86 valence electrons. The van der Waals surface area contributed by atoms with Crippen molar-refractivity contribution in [1.29, 1.82) is 0 Å². The lowest BCUT2D eigenvalue weighted by Crippen LogP contribution is -2.22. The second kappa shape index (κ2) is 5.90. The Morgan fingerprint density at radius 1 is 1.25 bits per heavy atom. The second-order valence-electron chi connectivity index (χ2n) is 3.59. The van der Waals surface area contributed by atoms with Gasteiger partial charge in [0.25, 0.3) is 0 Å². The zero-order chi connectivity index (χ0) is 12.0. The zero-order valence-electron chi connectivity index (χ0n) is 9.32. The fourth-order valence-corrected chi connectivity index (χ4v) is 1.30. The van der Waals surface area contributed by atoms with Crippen molar-refractivity contribution >= 4 is 11.8 Å². The highest BCUT2D eigenvalue weighted by Crippen LogP contribution is 2.03. The molecule has 0 atom stereocenters. The molecule has 0 aliphatic rings. The number of hydrogen-bond donors (Lipinski definition) is 2. The third-order valence-corrected chi connectivity index (χ3v) is 2.21. The molecule has 0 fully saturated rings. The van der Waals surface area contributed by atoms with Gasteiger partial charge in [0.2, 0.25) is 11.8 Å². The minimum atomic E-state index is -0.443. The Morgan fingerprint density at radius 3 is 2.38 bits per heavy atom. The van der Waals surface area contributed by atoms with E-state index in [0.29, 0.717) is 18.5 Å². The molecule has 16 heavy (non-hydrogen) atoms. The predicted molar refractivity (Wildman–Crippen MR) is 61.7 cm³/mol. The van der Waals surface area contributed by atoms with E-state index in [1.54, 1.807) is 24.3 Å². The first kappa shape index (κ1) is 12.2. The van der Waals surface area contributed by atoms with Crippen molar-refractivity contribution in [1.82, 2.24) is 5.32 Å². The van der Waals surface area contributed by atoms with Crippen molar-refractivity contribution in [3.8, 4) is 0 Å². The fourth-order valence-electron chi connectivity index (χ4n) is 1.30. The van der Waals surface area contributed by atoms with Crippen LogP contribution in [0.2, 0.25) is 0 Å². The lowest BCUT2D eigenvalue weighted by Gasteiger charge is -2.04. The lowest BCUT2D eigenvalue weighted by molar-refractivity contribution is -0.121. The summed E-state index contributed by atoms with van der Waals surface area (Å²) in [5, 5.41) is 2.79.